The van der Waals surface area contributed by atoms with E-state index in [4.69, 9.17) is 16.3 Å². The zero-order chi connectivity index (χ0) is 14.3. The van der Waals surface area contributed by atoms with Crippen LogP contribution in [0.5, 0.6) is 0 Å². The minimum absolute atomic E-state index is 0.0199. The minimum Gasteiger partial charge on any atom is -0.377 e. The summed E-state index contributed by atoms with van der Waals surface area (Å²) in [4.78, 5) is 6.59. The van der Waals surface area contributed by atoms with Crippen molar-refractivity contribution in [2.45, 2.75) is 12.5 Å². The van der Waals surface area contributed by atoms with Gasteiger partial charge in [-0.2, -0.15) is 0 Å². The quantitative estimate of drug-likeness (QED) is 0.819. The zero-order valence-electron chi connectivity index (χ0n) is 11.3. The van der Waals surface area contributed by atoms with Crippen LogP contribution in [0.15, 0.2) is 12.3 Å². The molecule has 3 rings (SSSR count). The van der Waals surface area contributed by atoms with Crippen LogP contribution in [-0.2, 0) is 21.0 Å². The van der Waals surface area contributed by atoms with E-state index in [0.717, 1.165) is 17.9 Å². The van der Waals surface area contributed by atoms with E-state index in [1.807, 2.05) is 6.07 Å². The fourth-order valence-corrected chi connectivity index (χ4v) is 4.39. The number of ether oxygens (including phenoxy) is 1. The Labute approximate surface area is 123 Å². The van der Waals surface area contributed by atoms with E-state index in [2.05, 4.69) is 9.88 Å². The topological polar surface area (TPSA) is 59.5 Å². The van der Waals surface area contributed by atoms with E-state index in [9.17, 15) is 8.42 Å². The normalized spacial score (nSPS) is 26.0. The van der Waals surface area contributed by atoms with Crippen LogP contribution >= 0.6 is 11.6 Å². The third kappa shape index (κ3) is 2.77. The SMILES string of the molecule is CS(=O)(=O)CC1Cc2ncc(Cl)cc2N2CCOCC12. The second kappa shape index (κ2) is 5.16. The number of halogens is 1. The van der Waals surface area contributed by atoms with Gasteiger partial charge in [-0.25, -0.2) is 8.42 Å². The number of aromatic nitrogens is 1. The first-order chi connectivity index (χ1) is 9.44. The number of anilines is 1. The first kappa shape index (κ1) is 14.1. The third-order valence-corrected chi connectivity index (χ3v) is 5.15. The Balaban J connectivity index is 1.98. The van der Waals surface area contributed by atoms with Crippen molar-refractivity contribution >= 4 is 27.1 Å². The smallest absolute Gasteiger partial charge is 0.147 e. The Morgan fingerprint density at radius 2 is 2.35 bits per heavy atom. The first-order valence-corrected chi connectivity index (χ1v) is 9.04. The van der Waals surface area contributed by atoms with Crippen LogP contribution in [0.1, 0.15) is 5.69 Å². The molecular formula is C13H17ClN2O3S. The van der Waals surface area contributed by atoms with Gasteiger partial charge in [-0.1, -0.05) is 11.6 Å². The molecule has 20 heavy (non-hydrogen) atoms. The molecule has 110 valence electrons. The van der Waals surface area contributed by atoms with Crippen molar-refractivity contribution in [3.63, 3.8) is 0 Å². The van der Waals surface area contributed by atoms with Crippen molar-refractivity contribution in [2.24, 2.45) is 5.92 Å². The van der Waals surface area contributed by atoms with Gasteiger partial charge >= 0.3 is 0 Å². The highest BCUT2D eigenvalue weighted by molar-refractivity contribution is 7.90. The molecule has 1 fully saturated rings. The van der Waals surface area contributed by atoms with Gasteiger partial charge in [0.25, 0.3) is 0 Å². The lowest BCUT2D eigenvalue weighted by molar-refractivity contribution is 0.0753. The van der Waals surface area contributed by atoms with Gasteiger partial charge < -0.3 is 9.64 Å². The molecule has 2 aliphatic heterocycles. The average molecular weight is 317 g/mol. The molecule has 5 nitrogen and oxygen atoms in total. The fourth-order valence-electron chi connectivity index (χ4n) is 3.12. The van der Waals surface area contributed by atoms with Gasteiger partial charge in [0.05, 0.1) is 41.4 Å². The molecule has 2 unspecified atom stereocenters. The molecule has 0 aliphatic carbocycles. The van der Waals surface area contributed by atoms with E-state index < -0.39 is 9.84 Å². The van der Waals surface area contributed by atoms with E-state index in [1.54, 1.807) is 6.20 Å². The second-order valence-corrected chi connectivity index (χ2v) is 8.13. The maximum absolute atomic E-state index is 11.6. The van der Waals surface area contributed by atoms with Crippen LogP contribution in [0.2, 0.25) is 5.02 Å². The van der Waals surface area contributed by atoms with Gasteiger partial charge in [0, 0.05) is 24.9 Å². The van der Waals surface area contributed by atoms with Gasteiger partial charge in [0.15, 0.2) is 0 Å². The predicted molar refractivity (Wildman–Crippen MR) is 78.1 cm³/mol. The van der Waals surface area contributed by atoms with Crippen molar-refractivity contribution < 1.29 is 13.2 Å². The Morgan fingerprint density at radius 1 is 1.55 bits per heavy atom. The largest absolute Gasteiger partial charge is 0.377 e. The number of fused-ring (bicyclic) bond motifs is 3. The number of morpholine rings is 1. The van der Waals surface area contributed by atoms with Crippen molar-refractivity contribution in [3.8, 4) is 0 Å². The zero-order valence-corrected chi connectivity index (χ0v) is 12.8. The summed E-state index contributed by atoms with van der Waals surface area (Å²) in [5, 5.41) is 0.607. The monoisotopic (exact) mass is 316 g/mol. The van der Waals surface area contributed by atoms with E-state index >= 15 is 0 Å². The van der Waals surface area contributed by atoms with Crippen LogP contribution in [0, 0.1) is 5.92 Å². The van der Waals surface area contributed by atoms with E-state index in [-0.39, 0.29) is 17.7 Å². The summed E-state index contributed by atoms with van der Waals surface area (Å²) in [6.45, 7) is 1.96. The lowest BCUT2D eigenvalue weighted by atomic mass is 9.89. The highest BCUT2D eigenvalue weighted by Crippen LogP contribution is 2.36. The second-order valence-electron chi connectivity index (χ2n) is 5.51. The Morgan fingerprint density at radius 3 is 3.10 bits per heavy atom. The number of nitrogens with zero attached hydrogens (tertiary/aromatic N) is 2. The van der Waals surface area contributed by atoms with E-state index in [1.165, 1.54) is 6.26 Å². The first-order valence-electron chi connectivity index (χ1n) is 6.60. The van der Waals surface area contributed by atoms with Gasteiger partial charge in [-0.15, -0.1) is 0 Å². The highest BCUT2D eigenvalue weighted by Gasteiger charge is 2.38. The molecule has 0 aromatic carbocycles. The molecule has 3 heterocycles. The van der Waals surface area contributed by atoms with Crippen molar-refractivity contribution in [1.29, 1.82) is 0 Å². The summed E-state index contributed by atoms with van der Waals surface area (Å²) in [6.07, 6.45) is 3.56. The molecule has 1 aromatic heterocycles. The van der Waals surface area contributed by atoms with Gasteiger partial charge in [0.2, 0.25) is 0 Å². The standard InChI is InChI=1S/C13H17ClN2O3S/c1-20(17,18)8-9-4-11-12(5-10(14)6-15-11)16-2-3-19-7-13(9)16/h5-6,9,13H,2-4,7-8H2,1H3. The number of hydrogen-bond acceptors (Lipinski definition) is 5. The molecule has 0 bridgehead atoms. The maximum atomic E-state index is 11.6. The van der Waals surface area contributed by atoms with Gasteiger partial charge in [-0.05, 0) is 12.5 Å². The van der Waals surface area contributed by atoms with Crippen LogP contribution in [0.25, 0.3) is 0 Å². The van der Waals surface area contributed by atoms with Crippen molar-refractivity contribution in [1.82, 2.24) is 4.98 Å². The minimum atomic E-state index is -3.02. The molecule has 0 amide bonds. The summed E-state index contributed by atoms with van der Waals surface area (Å²) in [5.41, 5.74) is 1.96. The number of pyridine rings is 1. The Kier molecular flexibility index (Phi) is 3.64. The van der Waals surface area contributed by atoms with Crippen molar-refractivity contribution in [3.05, 3.63) is 23.0 Å². The third-order valence-electron chi connectivity index (χ3n) is 3.91. The molecule has 0 radical (unpaired) electrons. The Bertz CT molecular complexity index is 620. The van der Waals surface area contributed by atoms with Crippen LogP contribution in [-0.4, -0.2) is 51.2 Å². The van der Waals surface area contributed by atoms with Gasteiger partial charge in [-0.3, -0.25) is 4.98 Å². The summed E-state index contributed by atoms with van der Waals surface area (Å²) in [7, 11) is -3.02. The van der Waals surface area contributed by atoms with E-state index in [0.29, 0.717) is 24.7 Å². The fraction of sp³-hybridized carbons (Fsp3) is 0.615. The number of rotatable bonds is 2. The molecule has 0 N–H and O–H groups in total. The molecule has 0 spiro atoms. The molecule has 1 aromatic rings. The van der Waals surface area contributed by atoms with Crippen LogP contribution in [0.3, 0.4) is 0 Å². The lowest BCUT2D eigenvalue weighted by Gasteiger charge is -2.45. The van der Waals surface area contributed by atoms with Crippen molar-refractivity contribution in [2.75, 3.05) is 36.7 Å². The van der Waals surface area contributed by atoms with Crippen LogP contribution < -0.4 is 4.90 Å². The maximum Gasteiger partial charge on any atom is 0.147 e. The summed E-state index contributed by atoms with van der Waals surface area (Å²) < 4.78 is 28.8. The average Bonchev–Trinajstić information content (AvgIpc) is 2.38. The number of sulfone groups is 1. The number of hydrogen-bond donors (Lipinski definition) is 0. The predicted octanol–water partition coefficient (Wildman–Crippen LogP) is 1.16. The highest BCUT2D eigenvalue weighted by atomic mass is 35.5. The molecule has 7 heteroatoms. The summed E-state index contributed by atoms with van der Waals surface area (Å²) in [5.74, 6) is 0.188. The molecule has 2 atom stereocenters. The molecule has 2 aliphatic rings. The summed E-state index contributed by atoms with van der Waals surface area (Å²) >= 11 is 6.03. The van der Waals surface area contributed by atoms with Crippen LogP contribution in [0.4, 0.5) is 5.69 Å². The Hall–Kier alpha value is -0.850. The molecular weight excluding hydrogens is 300 g/mol. The molecule has 1 saturated heterocycles. The molecule has 0 saturated carbocycles. The lowest BCUT2D eigenvalue weighted by Crippen LogP contribution is -2.54. The summed E-state index contributed by atoms with van der Waals surface area (Å²) in [6, 6.07) is 2.00. The van der Waals surface area contributed by atoms with Gasteiger partial charge in [0.1, 0.15) is 9.84 Å².